The minimum absolute atomic E-state index is 0.00837. The maximum absolute atomic E-state index is 11.9. The topological polar surface area (TPSA) is 120 Å². The minimum atomic E-state index is -0.794. The van der Waals surface area contributed by atoms with E-state index < -0.39 is 24.5 Å². The fraction of sp³-hybridized carbons (Fsp3) is 0.263. The van der Waals surface area contributed by atoms with Gasteiger partial charge >= 0.3 is 12.0 Å². The number of hydrogen-bond donors (Lipinski definition) is 2. The molecule has 152 valence electrons. The van der Waals surface area contributed by atoms with E-state index in [1.807, 2.05) is 5.32 Å². The van der Waals surface area contributed by atoms with E-state index >= 15 is 0 Å². The number of carbonyl (C=O) groups excluding carboxylic acids is 4. The number of carbonyl (C=O) groups is 4. The Morgan fingerprint density at radius 2 is 1.83 bits per heavy atom. The number of ether oxygens (including phenoxy) is 3. The molecule has 0 fully saturated rings. The van der Waals surface area contributed by atoms with Gasteiger partial charge in [-0.3, -0.25) is 19.7 Å². The summed E-state index contributed by atoms with van der Waals surface area (Å²) < 4.78 is 15.6. The molecular weight excluding hydrogens is 400 g/mol. The normalized spacial score (nSPS) is 12.0. The first-order valence-corrected chi connectivity index (χ1v) is 9.62. The Bertz CT molecular complexity index is 911. The highest BCUT2D eigenvalue weighted by Gasteiger charge is 2.15. The van der Waals surface area contributed by atoms with Gasteiger partial charge in [-0.2, -0.15) is 0 Å². The smallest absolute Gasteiger partial charge is 0.325 e. The molecule has 0 saturated heterocycles. The van der Waals surface area contributed by atoms with Gasteiger partial charge in [0.15, 0.2) is 23.9 Å². The molecule has 0 aliphatic carbocycles. The molecule has 2 aromatic rings. The Balaban J connectivity index is 1.37. The molecule has 0 atom stereocenters. The van der Waals surface area contributed by atoms with E-state index in [0.717, 1.165) is 0 Å². The van der Waals surface area contributed by atoms with Gasteiger partial charge < -0.3 is 19.5 Å². The summed E-state index contributed by atoms with van der Waals surface area (Å²) in [6, 6.07) is 7.45. The maximum Gasteiger partial charge on any atom is 0.325 e. The van der Waals surface area contributed by atoms with Crippen LogP contribution in [0.5, 0.6) is 11.5 Å². The van der Waals surface area contributed by atoms with E-state index in [4.69, 9.17) is 14.2 Å². The highest BCUT2D eigenvalue weighted by atomic mass is 32.1. The van der Waals surface area contributed by atoms with Crippen molar-refractivity contribution in [1.29, 1.82) is 0 Å². The van der Waals surface area contributed by atoms with Crippen LogP contribution < -0.4 is 20.1 Å². The Labute approximate surface area is 169 Å². The van der Waals surface area contributed by atoms with E-state index in [1.54, 1.807) is 35.7 Å². The molecule has 29 heavy (non-hydrogen) atoms. The molecule has 3 amide bonds. The molecule has 2 heterocycles. The zero-order valence-electron chi connectivity index (χ0n) is 15.3. The number of ketones is 1. The molecule has 0 unspecified atom stereocenters. The number of Topliss-reactive ketones (excluding diaryl/α,β-unsaturated/α-hetero) is 1. The van der Waals surface area contributed by atoms with Crippen molar-refractivity contribution in [3.63, 3.8) is 0 Å². The van der Waals surface area contributed by atoms with Crippen molar-refractivity contribution in [2.75, 3.05) is 25.1 Å². The number of rotatable bonds is 7. The summed E-state index contributed by atoms with van der Waals surface area (Å²) in [5.41, 5.74) is 0.406. The number of fused-ring (bicyclic) bond motifs is 1. The zero-order chi connectivity index (χ0) is 20.6. The molecule has 1 aromatic carbocycles. The lowest BCUT2D eigenvalue weighted by atomic mass is 10.2. The van der Waals surface area contributed by atoms with Gasteiger partial charge in [0.2, 0.25) is 0 Å². The second-order valence-corrected chi connectivity index (χ2v) is 6.87. The number of thiophene rings is 1. The summed E-state index contributed by atoms with van der Waals surface area (Å²) in [6.45, 7) is 0.238. The predicted molar refractivity (Wildman–Crippen MR) is 103 cm³/mol. The van der Waals surface area contributed by atoms with E-state index in [1.165, 1.54) is 11.3 Å². The van der Waals surface area contributed by atoms with Crippen LogP contribution in [0.25, 0.3) is 0 Å². The van der Waals surface area contributed by atoms with Crippen LogP contribution in [0, 0.1) is 0 Å². The average Bonchev–Trinajstić information content (AvgIpc) is 3.25. The molecule has 0 saturated carbocycles. The van der Waals surface area contributed by atoms with Gasteiger partial charge in [-0.1, -0.05) is 6.07 Å². The van der Waals surface area contributed by atoms with Gasteiger partial charge in [0.1, 0.15) is 13.2 Å². The summed E-state index contributed by atoms with van der Waals surface area (Å²) in [5, 5.41) is 6.29. The number of amides is 3. The zero-order valence-corrected chi connectivity index (χ0v) is 16.1. The second-order valence-electron chi connectivity index (χ2n) is 5.92. The first-order valence-electron chi connectivity index (χ1n) is 8.74. The highest BCUT2D eigenvalue weighted by Crippen LogP contribution is 2.32. The van der Waals surface area contributed by atoms with Gasteiger partial charge in [-0.05, 0) is 23.6 Å². The summed E-state index contributed by atoms with van der Waals surface area (Å²) in [5.74, 6) is -0.593. The minimum Gasteiger partial charge on any atom is -0.486 e. The Morgan fingerprint density at radius 1 is 1.03 bits per heavy atom. The Kier molecular flexibility index (Phi) is 6.80. The standard InChI is InChI=1S/C19H18N2O7S/c22-13(16-2-1-9-29-16)4-6-18(24)28-11-17(23)21-19(25)20-12-3-5-14-15(10-12)27-8-7-26-14/h1-3,5,9-10H,4,6-8,11H2,(H2,20,21,23,25). The van der Waals surface area contributed by atoms with E-state index in [-0.39, 0.29) is 18.6 Å². The fourth-order valence-electron chi connectivity index (χ4n) is 2.44. The van der Waals surface area contributed by atoms with Gasteiger partial charge in [0.25, 0.3) is 5.91 Å². The number of esters is 1. The van der Waals surface area contributed by atoms with Gasteiger partial charge in [-0.25, -0.2) is 4.79 Å². The summed E-state index contributed by atoms with van der Waals surface area (Å²) >= 11 is 1.29. The lowest BCUT2D eigenvalue weighted by molar-refractivity contribution is -0.148. The van der Waals surface area contributed by atoms with Crippen molar-refractivity contribution in [3.8, 4) is 11.5 Å². The van der Waals surface area contributed by atoms with Gasteiger partial charge in [0.05, 0.1) is 11.3 Å². The van der Waals surface area contributed by atoms with Crippen molar-refractivity contribution in [2.45, 2.75) is 12.8 Å². The van der Waals surface area contributed by atoms with E-state index in [0.29, 0.717) is 35.3 Å². The van der Waals surface area contributed by atoms with E-state index in [2.05, 4.69) is 5.32 Å². The van der Waals surface area contributed by atoms with Crippen LogP contribution in [0.3, 0.4) is 0 Å². The third-order valence-electron chi connectivity index (χ3n) is 3.77. The van der Waals surface area contributed by atoms with Crippen LogP contribution in [0.15, 0.2) is 35.7 Å². The van der Waals surface area contributed by atoms with E-state index in [9.17, 15) is 19.2 Å². The number of anilines is 1. The quantitative estimate of drug-likeness (QED) is 0.523. The van der Waals surface area contributed by atoms with Crippen LogP contribution in [-0.2, 0) is 14.3 Å². The number of hydrogen-bond acceptors (Lipinski definition) is 8. The average molecular weight is 418 g/mol. The molecule has 0 bridgehead atoms. The third-order valence-corrected chi connectivity index (χ3v) is 4.68. The number of urea groups is 1. The largest absolute Gasteiger partial charge is 0.486 e. The summed E-state index contributed by atoms with van der Waals surface area (Å²) in [6.07, 6.45) is -0.154. The van der Waals surface area contributed by atoms with Crippen LogP contribution in [0.4, 0.5) is 10.5 Å². The molecule has 9 nitrogen and oxygen atoms in total. The molecule has 2 N–H and O–H groups in total. The molecule has 0 spiro atoms. The van der Waals surface area contributed by atoms with Crippen molar-refractivity contribution >= 4 is 40.7 Å². The third kappa shape index (κ3) is 6.04. The molecule has 3 rings (SSSR count). The van der Waals surface area contributed by atoms with Crippen LogP contribution in [0.2, 0.25) is 0 Å². The molecule has 1 aromatic heterocycles. The van der Waals surface area contributed by atoms with Crippen LogP contribution in [-0.4, -0.2) is 43.5 Å². The summed E-state index contributed by atoms with van der Waals surface area (Å²) in [4.78, 5) is 47.7. The van der Waals surface area contributed by atoms with Crippen LogP contribution >= 0.6 is 11.3 Å². The Hall–Kier alpha value is -3.40. The van der Waals surface area contributed by atoms with Gasteiger partial charge in [0, 0.05) is 18.2 Å². The highest BCUT2D eigenvalue weighted by molar-refractivity contribution is 7.12. The lowest BCUT2D eigenvalue weighted by Gasteiger charge is -2.19. The SMILES string of the molecule is O=C(COC(=O)CCC(=O)c1cccs1)NC(=O)Nc1ccc2c(c1)OCCO2. The molecule has 0 radical (unpaired) electrons. The number of imide groups is 1. The summed E-state index contributed by atoms with van der Waals surface area (Å²) in [7, 11) is 0. The second kappa shape index (κ2) is 9.69. The van der Waals surface area contributed by atoms with Gasteiger partial charge in [-0.15, -0.1) is 11.3 Å². The predicted octanol–water partition coefficient (Wildman–Crippen LogP) is 2.37. The molecule has 1 aliphatic heterocycles. The molecule has 10 heteroatoms. The maximum atomic E-state index is 11.9. The molecular formula is C19H18N2O7S. The van der Waals surface area contributed by atoms with Crippen molar-refractivity contribution in [2.24, 2.45) is 0 Å². The Morgan fingerprint density at radius 3 is 2.59 bits per heavy atom. The first kappa shape index (κ1) is 20.3. The number of benzene rings is 1. The fourth-order valence-corrected chi connectivity index (χ4v) is 3.13. The van der Waals surface area contributed by atoms with Crippen molar-refractivity contribution < 1.29 is 33.4 Å². The first-order chi connectivity index (χ1) is 14.0. The van der Waals surface area contributed by atoms with Crippen LogP contribution in [0.1, 0.15) is 22.5 Å². The monoisotopic (exact) mass is 418 g/mol. The lowest BCUT2D eigenvalue weighted by Crippen LogP contribution is -2.37. The van der Waals surface area contributed by atoms with Crippen molar-refractivity contribution in [3.05, 3.63) is 40.6 Å². The van der Waals surface area contributed by atoms with Crippen molar-refractivity contribution in [1.82, 2.24) is 5.32 Å². The molecule has 1 aliphatic rings. The number of nitrogens with one attached hydrogen (secondary N) is 2.